The lowest BCUT2D eigenvalue weighted by atomic mass is 10.0. The van der Waals surface area contributed by atoms with Crippen molar-refractivity contribution in [3.63, 3.8) is 0 Å². The summed E-state index contributed by atoms with van der Waals surface area (Å²) in [6.45, 7) is 2.70. The van der Waals surface area contributed by atoms with Crippen LogP contribution in [0.25, 0.3) is 0 Å². The van der Waals surface area contributed by atoms with Gasteiger partial charge in [0.2, 0.25) is 5.25 Å². The highest BCUT2D eigenvalue weighted by molar-refractivity contribution is 6.24. The van der Waals surface area contributed by atoms with Crippen LogP contribution < -0.4 is 16.4 Å². The standard InChI is InChI=1S/C17H21ClF3N5O/c1-3-12-9-25(2)13-14(23-17(18,22)24-15(13)27)26(12)8-10-5-4-6-11(7-10)16(19,20)21/h4-7,12,23H,3,8-9,22H2,1-2H3,(H,24,27)/t12?,17-/m0/s1. The zero-order valence-electron chi connectivity index (χ0n) is 14.9. The Morgan fingerprint density at radius 3 is 2.70 bits per heavy atom. The summed E-state index contributed by atoms with van der Waals surface area (Å²) in [6.07, 6.45) is -3.69. The van der Waals surface area contributed by atoms with Crippen molar-refractivity contribution in [3.05, 3.63) is 46.9 Å². The predicted molar refractivity (Wildman–Crippen MR) is 94.8 cm³/mol. The molecule has 27 heavy (non-hydrogen) atoms. The highest BCUT2D eigenvalue weighted by Crippen LogP contribution is 2.32. The monoisotopic (exact) mass is 403 g/mol. The van der Waals surface area contributed by atoms with Crippen molar-refractivity contribution in [1.29, 1.82) is 0 Å². The molecule has 148 valence electrons. The van der Waals surface area contributed by atoms with E-state index < -0.39 is 22.9 Å². The molecular formula is C17H21ClF3N5O. The van der Waals surface area contributed by atoms with Crippen molar-refractivity contribution in [2.75, 3.05) is 13.6 Å². The second-order valence-corrected chi connectivity index (χ2v) is 7.35. The number of amides is 1. The fourth-order valence-corrected chi connectivity index (χ4v) is 3.62. The van der Waals surface area contributed by atoms with E-state index in [1.165, 1.54) is 6.07 Å². The predicted octanol–water partition coefficient (Wildman–Crippen LogP) is 1.93. The fraction of sp³-hybridized carbons (Fsp3) is 0.471. The second-order valence-electron chi connectivity index (χ2n) is 6.76. The van der Waals surface area contributed by atoms with Crippen molar-refractivity contribution in [2.45, 2.75) is 37.4 Å². The number of alkyl halides is 4. The summed E-state index contributed by atoms with van der Waals surface area (Å²) in [5.74, 6) is -0.0263. The topological polar surface area (TPSA) is 73.6 Å². The van der Waals surface area contributed by atoms with E-state index in [9.17, 15) is 18.0 Å². The molecule has 2 aliphatic heterocycles. The molecule has 0 fully saturated rings. The van der Waals surface area contributed by atoms with Gasteiger partial charge in [0.05, 0.1) is 5.56 Å². The molecule has 0 aliphatic carbocycles. The van der Waals surface area contributed by atoms with Crippen molar-refractivity contribution in [2.24, 2.45) is 5.73 Å². The Kier molecular flexibility index (Phi) is 4.94. The average molecular weight is 404 g/mol. The minimum Gasteiger partial charge on any atom is -0.365 e. The molecule has 2 atom stereocenters. The smallest absolute Gasteiger partial charge is 0.365 e. The molecule has 1 unspecified atom stereocenters. The number of hydrogen-bond acceptors (Lipinski definition) is 5. The summed E-state index contributed by atoms with van der Waals surface area (Å²) in [5, 5.41) is 3.67. The van der Waals surface area contributed by atoms with Crippen LogP contribution in [-0.2, 0) is 17.5 Å². The van der Waals surface area contributed by atoms with Gasteiger partial charge in [-0.05, 0) is 24.1 Å². The summed E-state index contributed by atoms with van der Waals surface area (Å²) >= 11 is 6.09. The van der Waals surface area contributed by atoms with Crippen LogP contribution in [0.5, 0.6) is 0 Å². The fourth-order valence-electron chi connectivity index (χ4n) is 3.45. The van der Waals surface area contributed by atoms with Crippen LogP contribution >= 0.6 is 11.6 Å². The van der Waals surface area contributed by atoms with E-state index in [1.54, 1.807) is 18.0 Å². The minimum absolute atomic E-state index is 0.0332. The SMILES string of the molecule is CCC1CN(C)C2=C(N[C@@](N)(Cl)NC2=O)N1Cc1cccc(C(F)(F)F)c1. The third-order valence-corrected chi connectivity index (χ3v) is 4.90. The van der Waals surface area contributed by atoms with E-state index in [2.05, 4.69) is 10.6 Å². The molecule has 3 rings (SSSR count). The number of hydrogen-bond donors (Lipinski definition) is 3. The largest absolute Gasteiger partial charge is 0.416 e. The third-order valence-electron chi connectivity index (χ3n) is 4.71. The number of halogens is 4. The number of carbonyl (C=O) groups is 1. The van der Waals surface area contributed by atoms with E-state index in [-0.39, 0.29) is 12.6 Å². The Balaban J connectivity index is 2.00. The Hall–Kier alpha value is -2.13. The van der Waals surface area contributed by atoms with Gasteiger partial charge in [-0.25, -0.2) is 0 Å². The zero-order chi connectivity index (χ0) is 20.0. The first-order chi connectivity index (χ1) is 12.5. The summed E-state index contributed by atoms with van der Waals surface area (Å²) < 4.78 is 39.1. The molecule has 1 aromatic rings. The highest BCUT2D eigenvalue weighted by atomic mass is 35.5. The lowest BCUT2D eigenvalue weighted by molar-refractivity contribution is -0.137. The molecule has 0 spiro atoms. The molecule has 10 heteroatoms. The summed E-state index contributed by atoms with van der Waals surface area (Å²) in [7, 11) is 1.78. The zero-order valence-corrected chi connectivity index (χ0v) is 15.7. The lowest BCUT2D eigenvalue weighted by Crippen LogP contribution is -2.69. The van der Waals surface area contributed by atoms with Crippen LogP contribution in [0.4, 0.5) is 13.2 Å². The number of nitrogens with one attached hydrogen (secondary N) is 2. The van der Waals surface area contributed by atoms with Crippen LogP contribution in [0.2, 0.25) is 0 Å². The minimum atomic E-state index is -4.42. The number of nitrogens with two attached hydrogens (primary N) is 1. The van der Waals surface area contributed by atoms with E-state index >= 15 is 0 Å². The van der Waals surface area contributed by atoms with Crippen molar-refractivity contribution in [3.8, 4) is 0 Å². The Bertz CT molecular complexity index is 780. The van der Waals surface area contributed by atoms with Gasteiger partial charge in [-0.15, -0.1) is 0 Å². The number of carbonyl (C=O) groups excluding carboxylic acids is 1. The maximum absolute atomic E-state index is 13.0. The van der Waals surface area contributed by atoms with Crippen molar-refractivity contribution < 1.29 is 18.0 Å². The van der Waals surface area contributed by atoms with Crippen LogP contribution in [0.3, 0.4) is 0 Å². The quantitative estimate of drug-likeness (QED) is 0.531. The van der Waals surface area contributed by atoms with Crippen LogP contribution in [0.1, 0.15) is 24.5 Å². The van der Waals surface area contributed by atoms with E-state index in [0.29, 0.717) is 23.6 Å². The molecule has 0 aromatic heterocycles. The van der Waals surface area contributed by atoms with Crippen LogP contribution in [0.15, 0.2) is 35.8 Å². The van der Waals surface area contributed by atoms with Crippen molar-refractivity contribution >= 4 is 17.5 Å². The van der Waals surface area contributed by atoms with Gasteiger partial charge >= 0.3 is 6.18 Å². The van der Waals surface area contributed by atoms with Gasteiger partial charge in [-0.2, -0.15) is 13.2 Å². The molecule has 2 heterocycles. The summed E-state index contributed by atoms with van der Waals surface area (Å²) in [5.41, 5.74) is 5.96. The van der Waals surface area contributed by atoms with Gasteiger partial charge in [0.15, 0.2) is 0 Å². The van der Waals surface area contributed by atoms with E-state index in [4.69, 9.17) is 17.3 Å². The lowest BCUT2D eigenvalue weighted by Gasteiger charge is -2.48. The normalized spacial score (nSPS) is 25.9. The Morgan fingerprint density at radius 1 is 1.37 bits per heavy atom. The second kappa shape index (κ2) is 6.79. The summed E-state index contributed by atoms with van der Waals surface area (Å²) in [4.78, 5) is 16.1. The molecule has 4 N–H and O–H groups in total. The molecule has 1 aromatic carbocycles. The molecule has 1 amide bonds. The Morgan fingerprint density at radius 2 is 2.07 bits per heavy atom. The number of benzene rings is 1. The van der Waals surface area contributed by atoms with Crippen LogP contribution in [-0.4, -0.2) is 40.6 Å². The van der Waals surface area contributed by atoms with Gasteiger partial charge in [-0.1, -0.05) is 30.7 Å². The summed E-state index contributed by atoms with van der Waals surface area (Å²) in [6, 6.07) is 5.12. The Labute approximate surface area is 160 Å². The molecule has 6 nitrogen and oxygen atoms in total. The van der Waals surface area contributed by atoms with Gasteiger partial charge in [0.25, 0.3) is 5.91 Å². The molecule has 0 saturated carbocycles. The molecular weight excluding hydrogens is 383 g/mol. The maximum Gasteiger partial charge on any atom is 0.416 e. The van der Waals surface area contributed by atoms with Crippen molar-refractivity contribution in [1.82, 2.24) is 20.4 Å². The van der Waals surface area contributed by atoms with E-state index in [0.717, 1.165) is 18.6 Å². The van der Waals surface area contributed by atoms with Gasteiger partial charge in [-0.3, -0.25) is 10.5 Å². The third kappa shape index (κ3) is 3.93. The maximum atomic E-state index is 13.0. The number of nitrogens with zero attached hydrogens (tertiary/aromatic N) is 2. The number of rotatable bonds is 3. The average Bonchev–Trinajstić information content (AvgIpc) is 2.55. The van der Waals surface area contributed by atoms with E-state index in [1.807, 2.05) is 11.8 Å². The molecule has 0 radical (unpaired) electrons. The molecule has 0 bridgehead atoms. The van der Waals surface area contributed by atoms with Gasteiger partial charge in [0.1, 0.15) is 11.5 Å². The first-order valence-electron chi connectivity index (χ1n) is 8.48. The van der Waals surface area contributed by atoms with Gasteiger partial charge in [0, 0.05) is 26.2 Å². The first-order valence-corrected chi connectivity index (χ1v) is 8.86. The molecule has 0 saturated heterocycles. The van der Waals surface area contributed by atoms with Crippen LogP contribution in [0, 0.1) is 0 Å². The van der Waals surface area contributed by atoms with Gasteiger partial charge < -0.3 is 20.4 Å². The highest BCUT2D eigenvalue weighted by Gasteiger charge is 2.42. The first kappa shape index (κ1) is 19.6. The molecule has 2 aliphatic rings. The number of likely N-dealkylation sites (N-methyl/N-ethyl adjacent to an activating group) is 1.